The van der Waals surface area contributed by atoms with Crippen LogP contribution in [-0.2, 0) is 0 Å². The smallest absolute Gasteiger partial charge is 0.137 e. The second-order valence-electron chi connectivity index (χ2n) is 7.73. The van der Waals surface area contributed by atoms with E-state index in [4.69, 9.17) is 0 Å². The fourth-order valence-electron chi connectivity index (χ4n) is 4.35. The van der Waals surface area contributed by atoms with E-state index >= 15 is 0 Å². The van der Waals surface area contributed by atoms with Crippen molar-refractivity contribution in [3.8, 4) is 0 Å². The van der Waals surface area contributed by atoms with E-state index in [9.17, 15) is 18.4 Å². The van der Waals surface area contributed by atoms with Gasteiger partial charge in [-0.15, -0.1) is 0 Å². The van der Waals surface area contributed by atoms with Crippen molar-refractivity contribution in [2.24, 2.45) is 5.16 Å². The molecule has 8 heteroatoms. The summed E-state index contributed by atoms with van der Waals surface area (Å²) in [4.78, 5) is 6.41. The molecule has 0 spiro atoms. The maximum atomic E-state index is 14.5. The summed E-state index contributed by atoms with van der Waals surface area (Å²) in [5.41, 5.74) is 3.05. The maximum Gasteiger partial charge on any atom is 0.137 e. The van der Waals surface area contributed by atoms with E-state index in [0.29, 0.717) is 35.4 Å². The molecule has 0 saturated carbocycles. The molecule has 2 aromatic carbocycles. The Morgan fingerprint density at radius 3 is 2.56 bits per heavy atom. The number of hydrogen-bond acceptors (Lipinski definition) is 4. The van der Waals surface area contributed by atoms with Crippen LogP contribution in [0.4, 0.5) is 18.9 Å². The second-order valence-corrected chi connectivity index (χ2v) is 7.73. The van der Waals surface area contributed by atoms with Crippen molar-refractivity contribution < 1.29 is 18.4 Å². The number of anilines is 1. The normalized spacial score (nSPS) is 16.8. The minimum absolute atomic E-state index is 0.240. The van der Waals surface area contributed by atoms with Crippen molar-refractivity contribution in [3.05, 3.63) is 101 Å². The predicted octanol–water partition coefficient (Wildman–Crippen LogP) is 5.32. The molecule has 1 atom stereocenters. The largest absolute Gasteiger partial charge is 0.410 e. The molecule has 4 aromatic rings. The number of hydrogen-bond donors (Lipinski definition) is 1. The molecular formula is C24H19F3N4O. The molecule has 32 heavy (non-hydrogen) atoms. The summed E-state index contributed by atoms with van der Waals surface area (Å²) < 4.78 is 43.4. The topological polar surface area (TPSA) is 53.1 Å². The zero-order chi connectivity index (χ0) is 22.2. The lowest BCUT2D eigenvalue weighted by Gasteiger charge is -2.27. The Balaban J connectivity index is 1.56. The van der Waals surface area contributed by atoms with Gasteiger partial charge < -0.3 is 10.1 Å². The Labute approximate surface area is 182 Å². The van der Waals surface area contributed by atoms with Gasteiger partial charge in [-0.2, -0.15) is 0 Å². The SMILES string of the molecule is ON=C(c1ccc(F)cc1)c1cnc2ccc(N3CCCC3c3cc(F)ccc3F)cn12. The summed E-state index contributed by atoms with van der Waals surface area (Å²) in [5.74, 6) is -1.29. The fraction of sp³-hybridized carbons (Fsp3) is 0.167. The van der Waals surface area contributed by atoms with Crippen LogP contribution < -0.4 is 4.90 Å². The molecule has 1 fully saturated rings. The van der Waals surface area contributed by atoms with Crippen molar-refractivity contribution in [1.29, 1.82) is 0 Å². The van der Waals surface area contributed by atoms with E-state index in [2.05, 4.69) is 10.1 Å². The number of benzene rings is 2. The van der Waals surface area contributed by atoms with Crippen LogP contribution >= 0.6 is 0 Å². The number of oxime groups is 1. The van der Waals surface area contributed by atoms with Crippen molar-refractivity contribution in [2.45, 2.75) is 18.9 Å². The van der Waals surface area contributed by atoms with Crippen LogP contribution in [0.3, 0.4) is 0 Å². The van der Waals surface area contributed by atoms with Gasteiger partial charge in [-0.05, 0) is 67.4 Å². The fourth-order valence-corrected chi connectivity index (χ4v) is 4.35. The second kappa shape index (κ2) is 8.03. The molecule has 1 N–H and O–H groups in total. The van der Waals surface area contributed by atoms with Gasteiger partial charge in [-0.3, -0.25) is 4.40 Å². The van der Waals surface area contributed by atoms with E-state index < -0.39 is 17.5 Å². The number of rotatable bonds is 4. The minimum Gasteiger partial charge on any atom is -0.410 e. The van der Waals surface area contributed by atoms with Gasteiger partial charge >= 0.3 is 0 Å². The first kappa shape index (κ1) is 20.1. The van der Waals surface area contributed by atoms with Crippen molar-refractivity contribution in [1.82, 2.24) is 9.38 Å². The number of imidazole rings is 1. The third-order valence-electron chi connectivity index (χ3n) is 5.85. The predicted molar refractivity (Wildman–Crippen MR) is 115 cm³/mol. The Morgan fingerprint density at radius 2 is 1.78 bits per heavy atom. The van der Waals surface area contributed by atoms with Gasteiger partial charge in [0.2, 0.25) is 0 Å². The standard InChI is InChI=1S/C24H19F3N4O/c25-16-5-3-15(4-6-16)24(29-32)22-13-28-23-10-8-18(14-31(22)23)30-11-1-2-21(30)19-12-17(26)7-9-20(19)27/h3-10,12-14,21,32H,1-2,11H2. The van der Waals surface area contributed by atoms with Gasteiger partial charge in [-0.1, -0.05) is 5.16 Å². The molecule has 1 aliphatic rings. The van der Waals surface area contributed by atoms with E-state index in [0.717, 1.165) is 24.2 Å². The van der Waals surface area contributed by atoms with E-state index in [-0.39, 0.29) is 11.8 Å². The van der Waals surface area contributed by atoms with Crippen molar-refractivity contribution in [3.63, 3.8) is 0 Å². The first-order valence-corrected chi connectivity index (χ1v) is 10.2. The zero-order valence-corrected chi connectivity index (χ0v) is 16.9. The lowest BCUT2D eigenvalue weighted by molar-refractivity contribution is 0.319. The maximum absolute atomic E-state index is 14.5. The lowest BCUT2D eigenvalue weighted by Crippen LogP contribution is -2.24. The Hall–Kier alpha value is -3.81. The molecule has 0 bridgehead atoms. The molecule has 1 saturated heterocycles. The molecule has 162 valence electrons. The summed E-state index contributed by atoms with van der Waals surface area (Å²) >= 11 is 0. The Morgan fingerprint density at radius 1 is 1.00 bits per heavy atom. The van der Waals surface area contributed by atoms with Crippen LogP contribution in [0.15, 0.2) is 72.1 Å². The molecule has 1 unspecified atom stereocenters. The van der Waals surface area contributed by atoms with Crippen LogP contribution in [0.5, 0.6) is 0 Å². The zero-order valence-electron chi connectivity index (χ0n) is 16.9. The van der Waals surface area contributed by atoms with Crippen LogP contribution in [-0.4, -0.2) is 26.8 Å². The van der Waals surface area contributed by atoms with Gasteiger partial charge in [0.05, 0.1) is 23.6 Å². The summed E-state index contributed by atoms with van der Waals surface area (Å²) in [7, 11) is 0. The van der Waals surface area contributed by atoms with Gasteiger partial charge in [0.15, 0.2) is 0 Å². The highest BCUT2D eigenvalue weighted by Gasteiger charge is 2.29. The minimum atomic E-state index is -0.469. The average molecular weight is 436 g/mol. The molecular weight excluding hydrogens is 417 g/mol. The number of nitrogens with zero attached hydrogens (tertiary/aromatic N) is 4. The van der Waals surface area contributed by atoms with Crippen LogP contribution in [0.2, 0.25) is 0 Å². The van der Waals surface area contributed by atoms with Crippen molar-refractivity contribution in [2.75, 3.05) is 11.4 Å². The van der Waals surface area contributed by atoms with Crippen LogP contribution in [0, 0.1) is 17.5 Å². The number of fused-ring (bicyclic) bond motifs is 1. The molecule has 5 rings (SSSR count). The average Bonchev–Trinajstić information content (AvgIpc) is 3.44. The van der Waals surface area contributed by atoms with Gasteiger partial charge in [0, 0.05) is 23.9 Å². The molecule has 0 aliphatic carbocycles. The molecule has 2 aromatic heterocycles. The number of halogens is 3. The van der Waals surface area contributed by atoms with E-state index in [1.807, 2.05) is 23.2 Å². The summed E-state index contributed by atoms with van der Waals surface area (Å²) in [6.45, 7) is 0.690. The third kappa shape index (κ3) is 3.47. The summed E-state index contributed by atoms with van der Waals surface area (Å²) in [5, 5.41) is 13.1. The highest BCUT2D eigenvalue weighted by molar-refractivity contribution is 6.11. The van der Waals surface area contributed by atoms with Crippen molar-refractivity contribution >= 4 is 17.0 Å². The van der Waals surface area contributed by atoms with E-state index in [1.165, 1.54) is 30.3 Å². The number of pyridine rings is 1. The highest BCUT2D eigenvalue weighted by atomic mass is 19.1. The molecule has 0 radical (unpaired) electrons. The highest BCUT2D eigenvalue weighted by Crippen LogP contribution is 2.37. The number of aromatic nitrogens is 2. The van der Waals surface area contributed by atoms with Crippen LogP contribution in [0.1, 0.15) is 35.7 Å². The molecule has 3 heterocycles. The Bertz CT molecular complexity index is 1320. The third-order valence-corrected chi connectivity index (χ3v) is 5.85. The molecule has 1 aliphatic heterocycles. The molecule has 0 amide bonds. The first-order valence-electron chi connectivity index (χ1n) is 10.2. The monoisotopic (exact) mass is 436 g/mol. The van der Waals surface area contributed by atoms with E-state index in [1.54, 1.807) is 10.6 Å². The molecule has 5 nitrogen and oxygen atoms in total. The Kier molecular flexibility index (Phi) is 5.05. The quantitative estimate of drug-likeness (QED) is 0.268. The van der Waals surface area contributed by atoms with Gasteiger partial charge in [0.1, 0.15) is 28.8 Å². The summed E-state index contributed by atoms with van der Waals surface area (Å²) in [6, 6.07) is 12.6. The lowest BCUT2D eigenvalue weighted by atomic mass is 10.0. The summed E-state index contributed by atoms with van der Waals surface area (Å²) in [6.07, 6.45) is 4.95. The van der Waals surface area contributed by atoms with Crippen LogP contribution in [0.25, 0.3) is 5.65 Å². The van der Waals surface area contributed by atoms with Gasteiger partial charge in [-0.25, -0.2) is 18.2 Å². The first-order chi connectivity index (χ1) is 15.5. The van der Waals surface area contributed by atoms with Gasteiger partial charge in [0.25, 0.3) is 0 Å².